The monoisotopic (exact) mass is 288 g/mol. The second kappa shape index (κ2) is 5.07. The van der Waals surface area contributed by atoms with Crippen LogP contribution in [0.3, 0.4) is 0 Å². The van der Waals surface area contributed by atoms with Crippen molar-refractivity contribution in [1.29, 1.82) is 0 Å². The topological polar surface area (TPSA) is 77.3 Å². The highest BCUT2D eigenvalue weighted by Crippen LogP contribution is 2.48. The zero-order chi connectivity index (χ0) is 15.2. The lowest BCUT2D eigenvalue weighted by molar-refractivity contribution is 0.248. The van der Waals surface area contributed by atoms with Crippen LogP contribution in [-0.4, -0.2) is 16.9 Å². The lowest BCUT2D eigenvalue weighted by atomic mass is 9.92. The lowest BCUT2D eigenvalue weighted by Gasteiger charge is -2.39. The second-order valence-corrected chi connectivity index (χ2v) is 6.36. The molecule has 5 heteroatoms. The Labute approximate surface area is 126 Å². The van der Waals surface area contributed by atoms with Gasteiger partial charge in [-0.3, -0.25) is 0 Å². The van der Waals surface area contributed by atoms with E-state index in [2.05, 4.69) is 18.8 Å². The highest BCUT2D eigenvalue weighted by atomic mass is 15.6. The van der Waals surface area contributed by atoms with Crippen LogP contribution in [0.5, 0.6) is 0 Å². The van der Waals surface area contributed by atoms with Crippen molar-refractivity contribution >= 4 is 23.0 Å². The Hall–Kier alpha value is -1.46. The molecule has 1 unspecified atom stereocenters. The molecule has 1 aromatic heterocycles. The summed E-state index contributed by atoms with van der Waals surface area (Å²) in [6.07, 6.45) is 7.00. The zero-order valence-electron chi connectivity index (χ0n) is 13.3. The number of pyridine rings is 1. The quantitative estimate of drug-likeness (QED) is 0.647. The lowest BCUT2D eigenvalue weighted by Crippen LogP contribution is -2.65. The van der Waals surface area contributed by atoms with Crippen LogP contribution in [0.25, 0.3) is 0 Å². The SMILES string of the molecule is CCC1=Nc2c(N)nc(C)c(C)c2[N+]1(N)C1CCCCC1. The summed E-state index contributed by atoms with van der Waals surface area (Å²) in [5.41, 5.74) is 10.1. The van der Waals surface area contributed by atoms with E-state index in [-0.39, 0.29) is 0 Å². The van der Waals surface area contributed by atoms with Gasteiger partial charge in [-0.2, -0.15) is 15.4 Å². The number of aliphatic imine (C=N–C) groups is 1. The number of anilines is 1. The van der Waals surface area contributed by atoms with Crippen molar-refractivity contribution in [2.45, 2.75) is 65.3 Å². The number of hydrogen-bond acceptors (Lipinski definition) is 4. The number of nitrogens with zero attached hydrogens (tertiary/aromatic N) is 3. The number of amidine groups is 1. The normalized spacial score (nSPS) is 25.8. The first-order valence-electron chi connectivity index (χ1n) is 8.02. The maximum absolute atomic E-state index is 6.96. The number of rotatable bonds is 2. The Morgan fingerprint density at radius 2 is 1.86 bits per heavy atom. The molecule has 0 saturated heterocycles. The predicted molar refractivity (Wildman–Crippen MR) is 88.4 cm³/mol. The van der Waals surface area contributed by atoms with E-state index in [4.69, 9.17) is 16.6 Å². The van der Waals surface area contributed by atoms with Crippen LogP contribution in [0.4, 0.5) is 17.2 Å². The second-order valence-electron chi connectivity index (χ2n) is 6.36. The van der Waals surface area contributed by atoms with Gasteiger partial charge in [-0.15, -0.1) is 0 Å². The number of quaternary nitrogens is 1. The molecule has 5 nitrogen and oxygen atoms in total. The molecule has 4 N–H and O–H groups in total. The summed E-state index contributed by atoms with van der Waals surface area (Å²) < 4.78 is 0.366. The average Bonchev–Trinajstić information content (AvgIpc) is 2.80. The highest BCUT2D eigenvalue weighted by molar-refractivity contribution is 6.05. The van der Waals surface area contributed by atoms with Gasteiger partial charge in [0, 0.05) is 30.5 Å². The molecule has 21 heavy (non-hydrogen) atoms. The largest absolute Gasteiger partial charge is 0.382 e. The summed E-state index contributed by atoms with van der Waals surface area (Å²) >= 11 is 0. The van der Waals surface area contributed by atoms with Crippen molar-refractivity contribution in [3.63, 3.8) is 0 Å². The molecule has 2 heterocycles. The van der Waals surface area contributed by atoms with E-state index in [0.29, 0.717) is 16.5 Å². The summed E-state index contributed by atoms with van der Waals surface area (Å²) in [5.74, 6) is 8.50. The Morgan fingerprint density at radius 1 is 1.19 bits per heavy atom. The van der Waals surface area contributed by atoms with Crippen molar-refractivity contribution < 1.29 is 0 Å². The van der Waals surface area contributed by atoms with Crippen LogP contribution in [0.2, 0.25) is 0 Å². The summed E-state index contributed by atoms with van der Waals surface area (Å²) in [7, 11) is 0. The van der Waals surface area contributed by atoms with Gasteiger partial charge in [0.15, 0.2) is 17.2 Å². The van der Waals surface area contributed by atoms with Crippen LogP contribution in [0, 0.1) is 13.8 Å². The van der Waals surface area contributed by atoms with Crippen LogP contribution >= 0.6 is 0 Å². The van der Waals surface area contributed by atoms with Gasteiger partial charge in [-0.05, 0) is 26.7 Å². The molecular weight excluding hydrogens is 262 g/mol. The Kier molecular flexibility index (Phi) is 3.50. The van der Waals surface area contributed by atoms with Gasteiger partial charge < -0.3 is 5.73 Å². The van der Waals surface area contributed by atoms with Crippen molar-refractivity contribution in [1.82, 2.24) is 9.58 Å². The van der Waals surface area contributed by atoms with Crippen LogP contribution in [0.15, 0.2) is 4.99 Å². The van der Waals surface area contributed by atoms with E-state index < -0.39 is 0 Å². The molecule has 0 radical (unpaired) electrons. The fraction of sp³-hybridized carbons (Fsp3) is 0.625. The smallest absolute Gasteiger partial charge is 0.228 e. The van der Waals surface area contributed by atoms with Gasteiger partial charge >= 0.3 is 0 Å². The molecule has 1 saturated carbocycles. The van der Waals surface area contributed by atoms with Gasteiger partial charge in [-0.1, -0.05) is 13.3 Å². The molecule has 0 bridgehead atoms. The van der Waals surface area contributed by atoms with Crippen LogP contribution in [0.1, 0.15) is 56.7 Å². The molecule has 1 aliphatic heterocycles. The van der Waals surface area contributed by atoms with E-state index in [0.717, 1.165) is 47.7 Å². The minimum atomic E-state index is 0.366. The van der Waals surface area contributed by atoms with Crippen molar-refractivity contribution in [3.8, 4) is 0 Å². The third kappa shape index (κ3) is 1.99. The Balaban J connectivity index is 2.20. The molecule has 0 amide bonds. The van der Waals surface area contributed by atoms with Gasteiger partial charge in [0.05, 0.1) is 0 Å². The Bertz CT molecular complexity index is 601. The fourth-order valence-electron chi connectivity index (χ4n) is 3.91. The summed E-state index contributed by atoms with van der Waals surface area (Å²) in [5, 5.41) is 0. The van der Waals surface area contributed by atoms with E-state index >= 15 is 0 Å². The van der Waals surface area contributed by atoms with Gasteiger partial charge in [0.1, 0.15) is 6.04 Å². The minimum Gasteiger partial charge on any atom is -0.382 e. The first kappa shape index (κ1) is 14.5. The molecule has 0 aromatic carbocycles. The maximum atomic E-state index is 6.96. The van der Waals surface area contributed by atoms with E-state index in [1.807, 2.05) is 6.92 Å². The highest BCUT2D eigenvalue weighted by Gasteiger charge is 2.49. The number of nitrogen functional groups attached to an aromatic ring is 1. The number of aryl methyl sites for hydroxylation is 1. The minimum absolute atomic E-state index is 0.366. The van der Waals surface area contributed by atoms with E-state index in [1.54, 1.807) is 0 Å². The number of fused-ring (bicyclic) bond motifs is 1. The van der Waals surface area contributed by atoms with E-state index in [1.165, 1.54) is 19.3 Å². The number of hydrogen-bond donors (Lipinski definition) is 2. The maximum Gasteiger partial charge on any atom is 0.228 e. The van der Waals surface area contributed by atoms with Crippen molar-refractivity contribution in [3.05, 3.63) is 11.3 Å². The Morgan fingerprint density at radius 3 is 2.48 bits per heavy atom. The first-order valence-corrected chi connectivity index (χ1v) is 8.02. The number of aromatic nitrogens is 1. The van der Waals surface area contributed by atoms with E-state index in [9.17, 15) is 0 Å². The van der Waals surface area contributed by atoms with Crippen molar-refractivity contribution in [2.75, 3.05) is 5.73 Å². The molecule has 1 aliphatic carbocycles. The average molecular weight is 288 g/mol. The van der Waals surface area contributed by atoms with Gasteiger partial charge in [0.2, 0.25) is 5.84 Å². The van der Waals surface area contributed by atoms with Gasteiger partial charge in [-0.25, -0.2) is 4.98 Å². The molecule has 1 aromatic rings. The standard InChI is InChI=1S/C16H26N5/c1-4-13-20-14-15(10(2)11(3)19-16(14)17)21(13,18)12-8-6-5-7-9-12/h12H,4-9,18H2,1-3H3,(H2,17,19)/q+1. The van der Waals surface area contributed by atoms with Gasteiger partial charge in [0.25, 0.3) is 0 Å². The molecule has 2 aliphatic rings. The fourth-order valence-corrected chi connectivity index (χ4v) is 3.91. The van der Waals surface area contributed by atoms with Crippen LogP contribution < -0.4 is 16.2 Å². The third-order valence-corrected chi connectivity index (χ3v) is 5.16. The molecular formula is C16H26N5+. The summed E-state index contributed by atoms with van der Waals surface area (Å²) in [6, 6.07) is 0.415. The summed E-state index contributed by atoms with van der Waals surface area (Å²) in [4.78, 5) is 9.21. The first-order chi connectivity index (χ1) is 10.00. The van der Waals surface area contributed by atoms with Crippen LogP contribution in [-0.2, 0) is 0 Å². The predicted octanol–water partition coefficient (Wildman–Crippen LogP) is 3.25. The summed E-state index contributed by atoms with van der Waals surface area (Å²) in [6.45, 7) is 6.22. The molecule has 0 spiro atoms. The molecule has 3 rings (SSSR count). The molecule has 1 fully saturated rings. The molecule has 1 atom stereocenters. The van der Waals surface area contributed by atoms with Crippen molar-refractivity contribution in [2.24, 2.45) is 10.8 Å². The zero-order valence-corrected chi connectivity index (χ0v) is 13.3. The third-order valence-electron chi connectivity index (χ3n) is 5.16. The molecule has 114 valence electrons. The number of nitrogens with two attached hydrogens (primary N) is 2.